The van der Waals surface area contributed by atoms with Crippen LogP contribution in [-0.2, 0) is 9.53 Å². The van der Waals surface area contributed by atoms with Crippen LogP contribution in [0.1, 0.15) is 18.9 Å². The summed E-state index contributed by atoms with van der Waals surface area (Å²) in [5.74, 6) is 0.706. The van der Waals surface area contributed by atoms with Gasteiger partial charge in [-0.25, -0.2) is 0 Å². The van der Waals surface area contributed by atoms with Crippen LogP contribution < -0.4 is 4.74 Å². The molecule has 0 atom stereocenters. The fourth-order valence-electron chi connectivity index (χ4n) is 1.78. The van der Waals surface area contributed by atoms with Gasteiger partial charge in [0.1, 0.15) is 5.75 Å². The Balaban J connectivity index is 2.23. The van der Waals surface area contributed by atoms with E-state index in [2.05, 4.69) is 4.74 Å². The second-order valence-corrected chi connectivity index (χ2v) is 4.46. The lowest BCUT2D eigenvalue weighted by atomic mass is 10.2. The van der Waals surface area contributed by atoms with Crippen LogP contribution in [0.25, 0.3) is 0 Å². The number of carbonyl (C=O) groups excluding carboxylic acids is 1. The number of rotatable bonds is 8. The van der Waals surface area contributed by atoms with Crippen molar-refractivity contribution in [3.8, 4) is 5.75 Å². The molecule has 0 fully saturated rings. The van der Waals surface area contributed by atoms with E-state index in [9.17, 15) is 4.79 Å². The van der Waals surface area contributed by atoms with E-state index in [1.54, 1.807) is 0 Å². The summed E-state index contributed by atoms with van der Waals surface area (Å²) in [6, 6.07) is 8.01. The van der Waals surface area contributed by atoms with Crippen molar-refractivity contribution in [1.82, 2.24) is 4.90 Å². The molecule has 0 unspecified atom stereocenters. The van der Waals surface area contributed by atoms with Crippen molar-refractivity contribution in [3.05, 3.63) is 29.8 Å². The van der Waals surface area contributed by atoms with Gasteiger partial charge in [-0.15, -0.1) is 0 Å². The first-order valence-corrected chi connectivity index (χ1v) is 6.64. The van der Waals surface area contributed by atoms with Gasteiger partial charge >= 0.3 is 5.97 Å². The zero-order valence-corrected chi connectivity index (χ0v) is 12.0. The lowest BCUT2D eigenvalue weighted by Gasteiger charge is -2.18. The lowest BCUT2D eigenvalue weighted by Crippen LogP contribution is -2.32. The Bertz CT molecular complexity index is 393. The van der Waals surface area contributed by atoms with Gasteiger partial charge in [0.15, 0.2) is 0 Å². The Kier molecular flexibility index (Phi) is 6.97. The van der Waals surface area contributed by atoms with Crippen LogP contribution in [0.15, 0.2) is 24.3 Å². The fourth-order valence-corrected chi connectivity index (χ4v) is 1.78. The standard InChI is InChI=1S/C15H23NO3/c1-4-16(12-15(17)18-3)9-6-10-19-14-8-5-7-13(2)11-14/h5,7-8,11H,4,6,9-10,12H2,1-3H3. The van der Waals surface area contributed by atoms with Gasteiger partial charge in [0.25, 0.3) is 0 Å². The third-order valence-electron chi connectivity index (χ3n) is 2.90. The minimum absolute atomic E-state index is 0.193. The van der Waals surface area contributed by atoms with Gasteiger partial charge in [-0.05, 0) is 37.6 Å². The van der Waals surface area contributed by atoms with Gasteiger partial charge in [-0.3, -0.25) is 9.69 Å². The zero-order valence-electron chi connectivity index (χ0n) is 12.0. The molecule has 0 aliphatic carbocycles. The molecule has 106 valence electrons. The molecule has 4 heteroatoms. The molecule has 0 bridgehead atoms. The maximum atomic E-state index is 11.2. The predicted octanol–water partition coefficient (Wildman–Crippen LogP) is 2.26. The van der Waals surface area contributed by atoms with Crippen LogP contribution in [0.4, 0.5) is 0 Å². The quantitative estimate of drug-likeness (QED) is 0.534. The molecule has 4 nitrogen and oxygen atoms in total. The summed E-state index contributed by atoms with van der Waals surface area (Å²) in [4.78, 5) is 13.2. The van der Waals surface area contributed by atoms with E-state index in [4.69, 9.17) is 4.74 Å². The van der Waals surface area contributed by atoms with E-state index in [0.717, 1.165) is 25.3 Å². The molecule has 0 radical (unpaired) electrons. The number of carbonyl (C=O) groups is 1. The zero-order chi connectivity index (χ0) is 14.1. The Morgan fingerprint density at radius 1 is 1.37 bits per heavy atom. The summed E-state index contributed by atoms with van der Waals surface area (Å²) < 4.78 is 10.3. The first-order valence-electron chi connectivity index (χ1n) is 6.64. The van der Waals surface area contributed by atoms with Crippen molar-refractivity contribution in [2.45, 2.75) is 20.3 Å². The Hall–Kier alpha value is -1.55. The number of hydrogen-bond acceptors (Lipinski definition) is 4. The highest BCUT2D eigenvalue weighted by Gasteiger charge is 2.08. The highest BCUT2D eigenvalue weighted by Crippen LogP contribution is 2.12. The molecular formula is C15H23NO3. The molecule has 0 aliphatic rings. The Labute approximate surface area is 115 Å². The molecule has 19 heavy (non-hydrogen) atoms. The van der Waals surface area contributed by atoms with E-state index in [1.807, 2.05) is 43.0 Å². The Morgan fingerprint density at radius 2 is 2.16 bits per heavy atom. The highest BCUT2D eigenvalue weighted by molar-refractivity contribution is 5.71. The number of hydrogen-bond donors (Lipinski definition) is 0. The van der Waals surface area contributed by atoms with Crippen LogP contribution in [0.3, 0.4) is 0 Å². The number of aryl methyl sites for hydroxylation is 1. The summed E-state index contributed by atoms with van der Waals surface area (Å²) in [6.45, 7) is 6.74. The third kappa shape index (κ3) is 6.25. The largest absolute Gasteiger partial charge is 0.494 e. The lowest BCUT2D eigenvalue weighted by molar-refractivity contribution is -0.141. The minimum atomic E-state index is -0.193. The maximum absolute atomic E-state index is 11.2. The van der Waals surface area contributed by atoms with Crippen LogP contribution in [0.2, 0.25) is 0 Å². The molecule has 0 aliphatic heterocycles. The summed E-state index contributed by atoms with van der Waals surface area (Å²) in [5.41, 5.74) is 1.19. The van der Waals surface area contributed by atoms with Gasteiger partial charge in [0.05, 0.1) is 20.3 Å². The van der Waals surface area contributed by atoms with Gasteiger partial charge in [-0.1, -0.05) is 19.1 Å². The molecule has 0 heterocycles. The summed E-state index contributed by atoms with van der Waals surface area (Å²) in [6.07, 6.45) is 0.888. The normalized spacial score (nSPS) is 10.5. The molecule has 0 aromatic heterocycles. The van der Waals surface area contributed by atoms with Crippen molar-refractivity contribution in [3.63, 3.8) is 0 Å². The number of ether oxygens (including phenoxy) is 2. The van der Waals surface area contributed by atoms with Crippen molar-refractivity contribution in [2.24, 2.45) is 0 Å². The van der Waals surface area contributed by atoms with Crippen molar-refractivity contribution in [1.29, 1.82) is 0 Å². The first-order chi connectivity index (χ1) is 9.15. The fraction of sp³-hybridized carbons (Fsp3) is 0.533. The molecular weight excluding hydrogens is 242 g/mol. The topological polar surface area (TPSA) is 38.8 Å². The number of methoxy groups -OCH3 is 1. The molecule has 0 saturated carbocycles. The summed E-state index contributed by atoms with van der Waals surface area (Å²) >= 11 is 0. The summed E-state index contributed by atoms with van der Waals surface area (Å²) in [7, 11) is 1.41. The monoisotopic (exact) mass is 265 g/mol. The Morgan fingerprint density at radius 3 is 2.79 bits per heavy atom. The van der Waals surface area contributed by atoms with Crippen LogP contribution in [-0.4, -0.2) is 44.2 Å². The predicted molar refractivity (Wildman–Crippen MR) is 75.4 cm³/mol. The SMILES string of the molecule is CCN(CCCOc1cccc(C)c1)CC(=O)OC. The molecule has 0 saturated heterocycles. The molecule has 0 N–H and O–H groups in total. The van der Waals surface area contributed by atoms with Crippen molar-refractivity contribution < 1.29 is 14.3 Å². The van der Waals surface area contributed by atoms with Crippen LogP contribution in [0.5, 0.6) is 5.75 Å². The van der Waals surface area contributed by atoms with E-state index in [1.165, 1.54) is 12.7 Å². The van der Waals surface area contributed by atoms with Crippen molar-refractivity contribution in [2.75, 3.05) is 33.4 Å². The van der Waals surface area contributed by atoms with E-state index >= 15 is 0 Å². The van der Waals surface area contributed by atoms with Gasteiger partial charge < -0.3 is 9.47 Å². The molecule has 1 aromatic rings. The van der Waals surface area contributed by atoms with Crippen molar-refractivity contribution >= 4 is 5.97 Å². The average Bonchev–Trinajstić information content (AvgIpc) is 2.42. The number of nitrogens with zero attached hydrogens (tertiary/aromatic N) is 1. The maximum Gasteiger partial charge on any atom is 0.319 e. The second kappa shape index (κ2) is 8.53. The summed E-state index contributed by atoms with van der Waals surface area (Å²) in [5, 5.41) is 0. The third-order valence-corrected chi connectivity index (χ3v) is 2.90. The van der Waals surface area contributed by atoms with Crippen LogP contribution in [0, 0.1) is 6.92 Å². The average molecular weight is 265 g/mol. The van der Waals surface area contributed by atoms with Crippen LogP contribution >= 0.6 is 0 Å². The molecule has 0 amide bonds. The molecule has 1 rings (SSSR count). The van der Waals surface area contributed by atoms with E-state index in [-0.39, 0.29) is 5.97 Å². The van der Waals surface area contributed by atoms with Gasteiger partial charge in [0.2, 0.25) is 0 Å². The number of esters is 1. The second-order valence-electron chi connectivity index (χ2n) is 4.46. The number of likely N-dealkylation sites (N-methyl/N-ethyl adjacent to an activating group) is 1. The van der Waals surface area contributed by atoms with E-state index < -0.39 is 0 Å². The highest BCUT2D eigenvalue weighted by atomic mass is 16.5. The van der Waals surface area contributed by atoms with E-state index in [0.29, 0.717) is 13.2 Å². The van der Waals surface area contributed by atoms with Gasteiger partial charge in [-0.2, -0.15) is 0 Å². The minimum Gasteiger partial charge on any atom is -0.494 e. The smallest absolute Gasteiger partial charge is 0.319 e. The molecule has 1 aromatic carbocycles. The number of benzene rings is 1. The first kappa shape index (κ1) is 15.5. The molecule has 0 spiro atoms. The van der Waals surface area contributed by atoms with Gasteiger partial charge in [0, 0.05) is 6.54 Å².